The Morgan fingerprint density at radius 3 is 2.45 bits per heavy atom. The van der Waals surface area contributed by atoms with Crippen LogP contribution in [0, 0.1) is 6.92 Å². The smallest absolute Gasteiger partial charge is 0.119 e. The first-order valence-electron chi connectivity index (χ1n) is 8.24. The minimum Gasteiger partial charge on any atom is -0.491 e. The van der Waals surface area contributed by atoms with Crippen LogP contribution >= 0.6 is 0 Å². The number of hydrogen-bond acceptors (Lipinski definition) is 4. The molecule has 0 aliphatic rings. The van der Waals surface area contributed by atoms with Crippen LogP contribution in [0.15, 0.2) is 24.3 Å². The topological polar surface area (TPSA) is 44.7 Å². The van der Waals surface area contributed by atoms with Gasteiger partial charge in [0.1, 0.15) is 18.5 Å². The van der Waals surface area contributed by atoms with Gasteiger partial charge in [-0.3, -0.25) is 4.90 Å². The molecule has 0 aromatic heterocycles. The van der Waals surface area contributed by atoms with E-state index in [0.717, 1.165) is 24.4 Å². The van der Waals surface area contributed by atoms with Crippen molar-refractivity contribution < 1.29 is 9.84 Å². The van der Waals surface area contributed by atoms with Crippen molar-refractivity contribution in [2.45, 2.75) is 52.8 Å². The minimum absolute atomic E-state index is 0.314. The van der Waals surface area contributed by atoms with Crippen LogP contribution in [0.2, 0.25) is 0 Å². The molecule has 0 saturated heterocycles. The third kappa shape index (κ3) is 7.25. The van der Waals surface area contributed by atoms with Gasteiger partial charge in [0.2, 0.25) is 0 Å². The quantitative estimate of drug-likeness (QED) is 0.652. The van der Waals surface area contributed by atoms with Crippen molar-refractivity contribution in [2.75, 3.05) is 26.2 Å². The Balaban J connectivity index is 2.19. The Morgan fingerprint density at radius 1 is 1.18 bits per heavy atom. The molecule has 0 aliphatic carbocycles. The Bertz CT molecular complexity index is 413. The lowest BCUT2D eigenvalue weighted by atomic mass is 10.2. The maximum Gasteiger partial charge on any atom is 0.119 e. The zero-order valence-corrected chi connectivity index (χ0v) is 14.7. The van der Waals surface area contributed by atoms with Crippen molar-refractivity contribution in [2.24, 2.45) is 0 Å². The van der Waals surface area contributed by atoms with Crippen molar-refractivity contribution >= 4 is 0 Å². The molecule has 0 spiro atoms. The van der Waals surface area contributed by atoms with Crippen LogP contribution in [0.25, 0.3) is 0 Å². The third-order valence-corrected chi connectivity index (χ3v) is 3.69. The van der Waals surface area contributed by atoms with E-state index in [1.807, 2.05) is 31.2 Å². The predicted octanol–water partition coefficient (Wildman–Crippen LogP) is 2.44. The molecule has 0 radical (unpaired) electrons. The third-order valence-electron chi connectivity index (χ3n) is 3.69. The maximum absolute atomic E-state index is 9.96. The summed E-state index contributed by atoms with van der Waals surface area (Å²) in [5.74, 6) is 0.810. The first-order chi connectivity index (χ1) is 10.4. The summed E-state index contributed by atoms with van der Waals surface area (Å²) < 4.78 is 5.60. The van der Waals surface area contributed by atoms with E-state index in [9.17, 15) is 5.11 Å². The highest BCUT2D eigenvalue weighted by Crippen LogP contribution is 2.12. The summed E-state index contributed by atoms with van der Waals surface area (Å²) in [4.78, 5) is 2.43. The molecule has 0 heterocycles. The van der Waals surface area contributed by atoms with E-state index in [2.05, 4.69) is 37.9 Å². The van der Waals surface area contributed by atoms with Crippen molar-refractivity contribution in [1.29, 1.82) is 0 Å². The lowest BCUT2D eigenvalue weighted by molar-refractivity contribution is 0.104. The highest BCUT2D eigenvalue weighted by atomic mass is 16.5. The second kappa shape index (κ2) is 9.82. The summed E-state index contributed by atoms with van der Waals surface area (Å²) in [5, 5.41) is 13.3. The Morgan fingerprint density at radius 2 is 1.86 bits per heavy atom. The molecule has 1 rings (SSSR count). The molecule has 4 nitrogen and oxygen atoms in total. The summed E-state index contributed by atoms with van der Waals surface area (Å²) >= 11 is 0. The zero-order valence-electron chi connectivity index (χ0n) is 14.7. The van der Waals surface area contributed by atoms with E-state index in [1.54, 1.807) is 0 Å². The molecular formula is C18H32N2O2. The van der Waals surface area contributed by atoms with Gasteiger partial charge in [-0.2, -0.15) is 0 Å². The normalized spacial score (nSPS) is 13.1. The molecule has 0 fully saturated rings. The van der Waals surface area contributed by atoms with E-state index in [1.165, 1.54) is 0 Å². The van der Waals surface area contributed by atoms with Gasteiger partial charge in [-0.05, 0) is 52.3 Å². The molecule has 0 unspecified atom stereocenters. The minimum atomic E-state index is -0.493. The van der Waals surface area contributed by atoms with E-state index in [-0.39, 0.29) is 0 Å². The summed E-state index contributed by atoms with van der Waals surface area (Å²) in [6.07, 6.45) is -0.493. The summed E-state index contributed by atoms with van der Waals surface area (Å²) in [7, 11) is 0. The molecular weight excluding hydrogens is 276 g/mol. The average molecular weight is 308 g/mol. The highest BCUT2D eigenvalue weighted by molar-refractivity contribution is 5.27. The highest BCUT2D eigenvalue weighted by Gasteiger charge is 2.12. The van der Waals surface area contributed by atoms with E-state index < -0.39 is 6.10 Å². The molecule has 0 bridgehead atoms. The first kappa shape index (κ1) is 18.9. The van der Waals surface area contributed by atoms with Gasteiger partial charge in [0.05, 0.1) is 0 Å². The molecule has 22 heavy (non-hydrogen) atoms. The number of hydrogen-bond donors (Lipinski definition) is 2. The van der Waals surface area contributed by atoms with Crippen LogP contribution in [0.3, 0.4) is 0 Å². The van der Waals surface area contributed by atoms with Gasteiger partial charge in [-0.1, -0.05) is 12.1 Å². The van der Waals surface area contributed by atoms with E-state index in [0.29, 0.717) is 25.2 Å². The molecule has 126 valence electrons. The van der Waals surface area contributed by atoms with Gasteiger partial charge in [0.25, 0.3) is 0 Å². The van der Waals surface area contributed by atoms with Gasteiger partial charge in [0, 0.05) is 31.7 Å². The Labute approximate surface area is 135 Å². The number of nitrogens with zero attached hydrogens (tertiary/aromatic N) is 1. The average Bonchev–Trinajstić information content (AvgIpc) is 2.44. The van der Waals surface area contributed by atoms with E-state index >= 15 is 0 Å². The summed E-state index contributed by atoms with van der Waals surface area (Å²) in [6.45, 7) is 13.6. The van der Waals surface area contributed by atoms with E-state index in [4.69, 9.17) is 4.74 Å². The van der Waals surface area contributed by atoms with Crippen molar-refractivity contribution in [1.82, 2.24) is 10.2 Å². The first-order valence-corrected chi connectivity index (χ1v) is 8.24. The van der Waals surface area contributed by atoms with Crippen LogP contribution < -0.4 is 10.1 Å². The standard InChI is InChI=1S/C18H32N2O2/c1-14(2)20(15(3)4)10-9-19-12-17(21)13-22-18-8-6-7-16(5)11-18/h6-8,11,14-15,17,19,21H,9-10,12-13H2,1-5H3/t17-/m0/s1. The summed E-state index contributed by atoms with van der Waals surface area (Å²) in [6, 6.07) is 8.95. The second-order valence-corrected chi connectivity index (χ2v) is 6.41. The number of aliphatic hydroxyl groups is 1. The molecule has 2 N–H and O–H groups in total. The Kier molecular flexibility index (Phi) is 8.46. The number of ether oxygens (including phenoxy) is 1. The van der Waals surface area contributed by atoms with Gasteiger partial charge >= 0.3 is 0 Å². The fourth-order valence-electron chi connectivity index (χ4n) is 2.55. The predicted molar refractivity (Wildman–Crippen MR) is 92.5 cm³/mol. The van der Waals surface area contributed by atoms with Crippen LogP contribution in [0.4, 0.5) is 0 Å². The largest absolute Gasteiger partial charge is 0.491 e. The number of aliphatic hydroxyl groups excluding tert-OH is 1. The zero-order chi connectivity index (χ0) is 16.5. The van der Waals surface area contributed by atoms with Gasteiger partial charge in [-0.15, -0.1) is 0 Å². The number of rotatable bonds is 10. The van der Waals surface area contributed by atoms with Crippen molar-refractivity contribution in [3.05, 3.63) is 29.8 Å². The molecule has 1 atom stereocenters. The van der Waals surface area contributed by atoms with Gasteiger partial charge in [0.15, 0.2) is 0 Å². The van der Waals surface area contributed by atoms with Crippen molar-refractivity contribution in [3.63, 3.8) is 0 Å². The number of nitrogens with one attached hydrogen (secondary N) is 1. The molecule has 0 amide bonds. The van der Waals surface area contributed by atoms with Crippen molar-refractivity contribution in [3.8, 4) is 5.75 Å². The molecule has 1 aromatic rings. The molecule has 0 aliphatic heterocycles. The van der Waals surface area contributed by atoms with Crippen LogP contribution in [0.1, 0.15) is 33.3 Å². The number of benzene rings is 1. The second-order valence-electron chi connectivity index (χ2n) is 6.41. The van der Waals surface area contributed by atoms with Gasteiger partial charge < -0.3 is 15.2 Å². The monoisotopic (exact) mass is 308 g/mol. The molecule has 0 saturated carbocycles. The maximum atomic E-state index is 9.96. The van der Waals surface area contributed by atoms with Crippen LogP contribution in [-0.4, -0.2) is 54.4 Å². The summed E-state index contributed by atoms with van der Waals surface area (Å²) in [5.41, 5.74) is 1.16. The number of aryl methyl sites for hydroxylation is 1. The fraction of sp³-hybridized carbons (Fsp3) is 0.667. The lowest BCUT2D eigenvalue weighted by Gasteiger charge is -2.30. The Hall–Kier alpha value is -1.10. The lowest BCUT2D eigenvalue weighted by Crippen LogP contribution is -2.43. The van der Waals surface area contributed by atoms with Crippen LogP contribution in [0.5, 0.6) is 5.75 Å². The molecule has 4 heteroatoms. The fourth-order valence-corrected chi connectivity index (χ4v) is 2.55. The van der Waals surface area contributed by atoms with Crippen LogP contribution in [-0.2, 0) is 0 Å². The molecule has 1 aromatic carbocycles. The SMILES string of the molecule is Cc1cccc(OC[C@@H](O)CNCCN(C(C)C)C(C)C)c1. The van der Waals surface area contributed by atoms with Gasteiger partial charge in [-0.25, -0.2) is 0 Å².